The summed E-state index contributed by atoms with van der Waals surface area (Å²) < 4.78 is 0. The fourth-order valence-corrected chi connectivity index (χ4v) is 9.98. The van der Waals surface area contributed by atoms with Gasteiger partial charge in [-0.25, -0.2) is 0 Å². The first-order chi connectivity index (χ1) is 35.2. The van der Waals surface area contributed by atoms with Crippen LogP contribution >= 0.6 is 21.6 Å². The molecule has 0 bridgehead atoms. The molecule has 18 N–H and O–H groups in total. The maximum absolute atomic E-state index is 14.6. The summed E-state index contributed by atoms with van der Waals surface area (Å²) in [7, 11) is 2.18. The molecule has 0 aromatic heterocycles. The molecule has 2 aromatic rings. The summed E-state index contributed by atoms with van der Waals surface area (Å²) in [6.07, 6.45) is -1.41. The summed E-state index contributed by atoms with van der Waals surface area (Å²) in [5.74, 6) is -9.88. The smallest absolute Gasteiger partial charge is 0.246 e. The van der Waals surface area contributed by atoms with E-state index in [1.165, 1.54) is 17.0 Å². The van der Waals surface area contributed by atoms with Gasteiger partial charge in [0, 0.05) is 50.3 Å². The van der Waals surface area contributed by atoms with E-state index < -0.39 is 133 Å². The summed E-state index contributed by atoms with van der Waals surface area (Å²) in [4.78, 5) is 153. The second-order valence-corrected chi connectivity index (χ2v) is 20.0. The molecule has 2 saturated heterocycles. The third-order valence-corrected chi connectivity index (χ3v) is 13.9. The number of benzene rings is 2. The van der Waals surface area contributed by atoms with E-state index in [1.807, 2.05) is 0 Å². The first-order valence-electron chi connectivity index (χ1n) is 23.6. The molecule has 2 fully saturated rings. The molecule has 7 atom stereocenters. The Kier molecular flexibility index (Phi) is 23.7. The number of primary amides is 3. The Morgan fingerprint density at radius 3 is 2.04 bits per heavy atom. The van der Waals surface area contributed by atoms with Crippen LogP contribution in [0.1, 0.15) is 62.5 Å². The van der Waals surface area contributed by atoms with Crippen LogP contribution in [0.25, 0.3) is 0 Å². The van der Waals surface area contributed by atoms with Gasteiger partial charge in [-0.2, -0.15) is 0 Å². The van der Waals surface area contributed by atoms with Crippen molar-refractivity contribution in [1.29, 1.82) is 0 Å². The molecule has 7 unspecified atom stereocenters. The van der Waals surface area contributed by atoms with Gasteiger partial charge in [0.1, 0.15) is 48.0 Å². The lowest BCUT2D eigenvalue weighted by molar-refractivity contribution is -0.142. The predicted molar refractivity (Wildman–Crippen MR) is 272 cm³/mol. The lowest BCUT2D eigenvalue weighted by Crippen LogP contribution is -2.61. The second kappa shape index (κ2) is 29.8. The highest BCUT2D eigenvalue weighted by molar-refractivity contribution is 8.76. The van der Waals surface area contributed by atoms with E-state index >= 15 is 0 Å². The van der Waals surface area contributed by atoms with Crippen LogP contribution in [-0.4, -0.2) is 154 Å². The minimum absolute atomic E-state index is 0.0120. The highest BCUT2D eigenvalue weighted by atomic mass is 33.1. The molecular weight excluding hydrogens is 1000 g/mol. The number of guanidine groups is 1. The third-order valence-electron chi connectivity index (χ3n) is 11.5. The summed E-state index contributed by atoms with van der Waals surface area (Å²) in [6.45, 7) is -0.404. The average molecular weight is 1070 g/mol. The van der Waals surface area contributed by atoms with Crippen molar-refractivity contribution in [3.05, 3.63) is 65.7 Å². The van der Waals surface area contributed by atoms with Gasteiger partial charge in [0.2, 0.25) is 65.0 Å². The quantitative estimate of drug-likeness (QED) is 0.0274. The molecule has 4 rings (SSSR count). The molecule has 2 aromatic carbocycles. The third kappa shape index (κ3) is 20.1. The van der Waals surface area contributed by atoms with E-state index in [4.69, 9.17) is 28.7 Å². The number of phenols is 1. The number of phenolic OH excluding ortho intramolecular Hbond substituents is 1. The zero-order valence-electron chi connectivity index (χ0n) is 40.4. The topological polar surface area (TPSA) is 438 Å². The Bertz CT molecular complexity index is 2400. The summed E-state index contributed by atoms with van der Waals surface area (Å²) in [5, 5.41) is 28.0. The zero-order valence-corrected chi connectivity index (χ0v) is 42.0. The molecule has 26 nitrogen and oxygen atoms in total. The molecular formula is C46H64N14O12S2. The van der Waals surface area contributed by atoms with Crippen LogP contribution in [-0.2, 0) is 65.6 Å². The molecule has 0 saturated carbocycles. The highest BCUT2D eigenvalue weighted by Crippen LogP contribution is 2.26. The molecule has 0 aliphatic carbocycles. The van der Waals surface area contributed by atoms with E-state index in [0.717, 1.165) is 21.6 Å². The summed E-state index contributed by atoms with van der Waals surface area (Å²) in [6, 6.07) is 4.55. The van der Waals surface area contributed by atoms with Gasteiger partial charge in [-0.1, -0.05) is 64.1 Å². The van der Waals surface area contributed by atoms with Crippen molar-refractivity contribution in [1.82, 2.24) is 42.1 Å². The number of hydrogen-bond acceptors (Lipinski definition) is 15. The zero-order chi connectivity index (χ0) is 54.3. The van der Waals surface area contributed by atoms with Crippen molar-refractivity contribution in [2.75, 3.05) is 31.1 Å². The molecule has 11 amide bonds. The van der Waals surface area contributed by atoms with Gasteiger partial charge >= 0.3 is 0 Å². The number of rotatable bonds is 19. The van der Waals surface area contributed by atoms with Crippen LogP contribution in [0, 0.1) is 0 Å². The Balaban J connectivity index is 1.69. The Morgan fingerprint density at radius 2 is 1.38 bits per heavy atom. The standard InChI is InChI=1S/C46H64N14O12S2/c47-35(62)14-13-29-40(67)58-32(22-36(48)63)43(70)59-33(45(72)60-17-6-12-34(60)44(71)56-28(11-5-16-52-46(50)51)39(66)53-23-37(49)64)24-74-73-18-15-38(65)54-30(21-26-9-4-10-27(61)19-26)41(68)57-31(42(69)55-29)20-25-7-2-1-3-8-25/h1-4,7-10,19,28-34,61H,5-6,11-18,20-24H2,(H2,47,62)(H2,48,63)(H2,49,64)(H,53,66)(H,54,65)(H,55,69)(H,56,71)(H,57,68)(H,58,67)(H,59,70)(H4,50,51,52). The number of carbonyl (C=O) groups is 11. The fraction of sp³-hybridized carbons (Fsp3) is 0.478. The van der Waals surface area contributed by atoms with Crippen LogP contribution in [0.5, 0.6) is 5.75 Å². The first-order valence-corrected chi connectivity index (χ1v) is 26.0. The van der Waals surface area contributed by atoms with Gasteiger partial charge in [0.25, 0.3) is 0 Å². The van der Waals surface area contributed by atoms with E-state index in [-0.39, 0.29) is 74.8 Å². The van der Waals surface area contributed by atoms with Crippen molar-refractivity contribution in [2.24, 2.45) is 33.7 Å². The lowest BCUT2D eigenvalue weighted by atomic mass is 10.0. The van der Waals surface area contributed by atoms with Crippen molar-refractivity contribution >= 4 is 92.5 Å². The van der Waals surface area contributed by atoms with Crippen LogP contribution in [0.4, 0.5) is 0 Å². The largest absolute Gasteiger partial charge is 0.508 e. The highest BCUT2D eigenvalue weighted by Gasteiger charge is 2.40. The predicted octanol–water partition coefficient (Wildman–Crippen LogP) is -4.34. The monoisotopic (exact) mass is 1070 g/mol. The molecule has 2 aliphatic heterocycles. The maximum Gasteiger partial charge on any atom is 0.246 e. The van der Waals surface area contributed by atoms with Crippen LogP contribution in [0.2, 0.25) is 0 Å². The number of aliphatic imine (C=N–C) groups is 1. The first kappa shape index (κ1) is 58.9. The number of nitrogens with two attached hydrogens (primary N) is 5. The number of nitrogens with one attached hydrogen (secondary N) is 7. The Labute approximate surface area is 433 Å². The van der Waals surface area contributed by atoms with Crippen LogP contribution in [0.3, 0.4) is 0 Å². The number of nitrogens with zero attached hydrogens (tertiary/aromatic N) is 2. The SMILES string of the molecule is NC(=O)CCC1NC(=O)C(Cc2ccccc2)NC(=O)C(Cc2cccc(O)c2)NC(=O)CCSSCC(C(=O)N2CCCC2C(=O)NC(CCCN=C(N)N)C(=O)NCC(N)=O)NC(=O)C(CC(N)=O)NC1=O. The van der Waals surface area contributed by atoms with Crippen molar-refractivity contribution < 1.29 is 57.8 Å². The minimum atomic E-state index is -1.77. The van der Waals surface area contributed by atoms with Gasteiger partial charge in [0.15, 0.2) is 5.96 Å². The van der Waals surface area contributed by atoms with Gasteiger partial charge in [0.05, 0.1) is 13.0 Å². The molecule has 28 heteroatoms. The van der Waals surface area contributed by atoms with Crippen LogP contribution in [0.15, 0.2) is 59.6 Å². The van der Waals surface area contributed by atoms with E-state index in [1.54, 1.807) is 42.5 Å². The van der Waals surface area contributed by atoms with Crippen molar-refractivity contribution in [3.8, 4) is 5.75 Å². The second-order valence-electron chi connectivity index (χ2n) is 17.3. The Hall–Kier alpha value is -7.62. The number of aromatic hydroxyl groups is 1. The lowest BCUT2D eigenvalue weighted by Gasteiger charge is -2.31. The van der Waals surface area contributed by atoms with Crippen molar-refractivity contribution in [2.45, 2.75) is 107 Å². The van der Waals surface area contributed by atoms with E-state index in [2.05, 4.69) is 42.2 Å². The average Bonchev–Trinajstić information content (AvgIpc) is 3.84. The number of likely N-dealkylation sites (tertiary alicyclic amines) is 1. The normalized spacial score (nSPS) is 21.7. The molecule has 2 aliphatic rings. The van der Waals surface area contributed by atoms with E-state index in [9.17, 15) is 57.8 Å². The van der Waals surface area contributed by atoms with Gasteiger partial charge < -0.3 is 75.9 Å². The number of amides is 11. The van der Waals surface area contributed by atoms with Gasteiger partial charge in [-0.3, -0.25) is 57.7 Å². The summed E-state index contributed by atoms with van der Waals surface area (Å²) >= 11 is 0. The minimum Gasteiger partial charge on any atom is -0.508 e. The number of hydrogen-bond donors (Lipinski definition) is 13. The molecule has 402 valence electrons. The van der Waals surface area contributed by atoms with Crippen LogP contribution < -0.4 is 65.9 Å². The fourth-order valence-electron chi connectivity index (χ4n) is 7.83. The Morgan fingerprint density at radius 1 is 0.743 bits per heavy atom. The molecule has 2 heterocycles. The number of carbonyl (C=O) groups excluding carboxylic acids is 11. The van der Waals surface area contributed by atoms with Gasteiger partial charge in [-0.15, -0.1) is 0 Å². The van der Waals surface area contributed by atoms with Crippen molar-refractivity contribution in [3.63, 3.8) is 0 Å². The summed E-state index contributed by atoms with van der Waals surface area (Å²) in [5.41, 5.74) is 28.0. The van der Waals surface area contributed by atoms with E-state index in [0.29, 0.717) is 17.5 Å². The maximum atomic E-state index is 14.6. The molecule has 74 heavy (non-hydrogen) atoms. The molecule has 0 spiro atoms. The molecule has 0 radical (unpaired) electrons. The van der Waals surface area contributed by atoms with Gasteiger partial charge in [-0.05, 0) is 55.4 Å².